The summed E-state index contributed by atoms with van der Waals surface area (Å²) < 4.78 is 44.1. The van der Waals surface area contributed by atoms with Crippen LogP contribution in [0.25, 0.3) is 11.3 Å². The third kappa shape index (κ3) is 4.60. The maximum absolute atomic E-state index is 12.9. The van der Waals surface area contributed by atoms with Gasteiger partial charge in [0.25, 0.3) is 15.9 Å². The van der Waals surface area contributed by atoms with Crippen LogP contribution in [0.3, 0.4) is 0 Å². The molecule has 1 aliphatic rings. The summed E-state index contributed by atoms with van der Waals surface area (Å²) in [5.41, 5.74) is 2.02. The van der Waals surface area contributed by atoms with Crippen LogP contribution in [-0.2, 0) is 14.8 Å². The number of carbonyl (C=O) groups is 1. The summed E-state index contributed by atoms with van der Waals surface area (Å²) in [6.07, 6.45) is 0.814. The van der Waals surface area contributed by atoms with Crippen LogP contribution in [0.1, 0.15) is 13.3 Å². The minimum atomic E-state index is -3.89. The average molecular weight is 490 g/mol. The van der Waals surface area contributed by atoms with Crippen molar-refractivity contribution in [1.82, 2.24) is 4.98 Å². The Balaban J connectivity index is 1.59. The summed E-state index contributed by atoms with van der Waals surface area (Å²) in [5.74, 6) is 1.28. The van der Waals surface area contributed by atoms with Gasteiger partial charge in [0.2, 0.25) is 0 Å². The molecule has 2 heterocycles. The highest BCUT2D eigenvalue weighted by Crippen LogP contribution is 2.37. The molecule has 174 valence electrons. The summed E-state index contributed by atoms with van der Waals surface area (Å²) in [7, 11) is -0.972. The first kappa shape index (κ1) is 22.9. The number of hydrogen-bond acceptors (Lipinski definition) is 8. The van der Waals surface area contributed by atoms with Crippen molar-refractivity contribution < 1.29 is 27.4 Å². The summed E-state index contributed by atoms with van der Waals surface area (Å²) in [4.78, 5) is 18.4. The number of ether oxygens (including phenoxy) is 3. The van der Waals surface area contributed by atoms with Crippen molar-refractivity contribution in [3.63, 3.8) is 0 Å². The Labute approximate surface area is 196 Å². The predicted molar refractivity (Wildman–Crippen MR) is 126 cm³/mol. The van der Waals surface area contributed by atoms with Gasteiger partial charge in [0, 0.05) is 23.6 Å². The van der Waals surface area contributed by atoms with Gasteiger partial charge in [-0.2, -0.15) is 0 Å². The Morgan fingerprint density at radius 3 is 2.67 bits per heavy atom. The number of aromatic nitrogens is 1. The number of fused-ring (bicyclic) bond motifs is 1. The van der Waals surface area contributed by atoms with Gasteiger partial charge in [-0.1, -0.05) is 6.92 Å². The molecule has 0 aliphatic carbocycles. The SMILES string of the molecule is CCCN1C(=O)COc2ccc(-c3csc(NS(=O)(=O)c4ccc(OC)c(OC)c4)n3)cc21. The fourth-order valence-corrected chi connectivity index (χ4v) is 5.43. The average Bonchev–Trinajstić information content (AvgIpc) is 3.28. The van der Waals surface area contributed by atoms with Gasteiger partial charge in [-0.25, -0.2) is 13.4 Å². The minimum Gasteiger partial charge on any atom is -0.493 e. The number of sulfonamides is 1. The van der Waals surface area contributed by atoms with E-state index in [1.54, 1.807) is 16.3 Å². The Bertz CT molecular complexity index is 1290. The van der Waals surface area contributed by atoms with E-state index in [1.165, 1.54) is 32.4 Å². The van der Waals surface area contributed by atoms with Gasteiger partial charge in [-0.3, -0.25) is 9.52 Å². The first-order valence-corrected chi connectivity index (χ1v) is 12.5. The summed E-state index contributed by atoms with van der Waals surface area (Å²) in [6.45, 7) is 2.61. The van der Waals surface area contributed by atoms with Gasteiger partial charge in [0.05, 0.1) is 30.5 Å². The van der Waals surface area contributed by atoms with Gasteiger partial charge in [-0.15, -0.1) is 11.3 Å². The van der Waals surface area contributed by atoms with Crippen LogP contribution in [-0.4, -0.2) is 46.7 Å². The summed E-state index contributed by atoms with van der Waals surface area (Å²) in [6, 6.07) is 9.81. The molecular formula is C22H23N3O6S2. The highest BCUT2D eigenvalue weighted by molar-refractivity contribution is 7.93. The molecule has 0 saturated carbocycles. The quantitative estimate of drug-likeness (QED) is 0.513. The summed E-state index contributed by atoms with van der Waals surface area (Å²) >= 11 is 1.16. The number of anilines is 2. The molecular weight excluding hydrogens is 466 g/mol. The number of rotatable bonds is 8. The van der Waals surface area contributed by atoms with E-state index < -0.39 is 10.0 Å². The van der Waals surface area contributed by atoms with E-state index in [0.717, 1.165) is 23.3 Å². The number of carbonyl (C=O) groups excluding carboxylic acids is 1. The summed E-state index contributed by atoms with van der Waals surface area (Å²) in [5, 5.41) is 1.97. The topological polar surface area (TPSA) is 107 Å². The van der Waals surface area contributed by atoms with Crippen LogP contribution < -0.4 is 23.8 Å². The highest BCUT2D eigenvalue weighted by atomic mass is 32.2. The predicted octanol–water partition coefficient (Wildman–Crippen LogP) is 3.76. The number of amides is 1. The maximum atomic E-state index is 12.9. The Hall–Kier alpha value is -3.31. The highest BCUT2D eigenvalue weighted by Gasteiger charge is 2.26. The van der Waals surface area contributed by atoms with E-state index in [0.29, 0.717) is 35.2 Å². The molecule has 0 fully saturated rings. The van der Waals surface area contributed by atoms with Crippen molar-refractivity contribution in [2.45, 2.75) is 18.2 Å². The van der Waals surface area contributed by atoms with E-state index in [1.807, 2.05) is 19.1 Å². The van der Waals surface area contributed by atoms with Crippen LogP contribution in [0.2, 0.25) is 0 Å². The largest absolute Gasteiger partial charge is 0.493 e. The number of methoxy groups -OCH3 is 2. The molecule has 0 atom stereocenters. The van der Waals surface area contributed by atoms with E-state index in [2.05, 4.69) is 9.71 Å². The molecule has 4 rings (SSSR count). The first-order valence-electron chi connectivity index (χ1n) is 10.1. The van der Waals surface area contributed by atoms with Crippen LogP contribution >= 0.6 is 11.3 Å². The van der Waals surface area contributed by atoms with Crippen molar-refractivity contribution in [3.05, 3.63) is 41.8 Å². The van der Waals surface area contributed by atoms with Crippen molar-refractivity contribution >= 4 is 38.1 Å². The van der Waals surface area contributed by atoms with E-state index in [4.69, 9.17) is 14.2 Å². The number of thiazole rings is 1. The Morgan fingerprint density at radius 1 is 1.15 bits per heavy atom. The molecule has 3 aromatic rings. The fraction of sp³-hybridized carbons (Fsp3) is 0.273. The lowest BCUT2D eigenvalue weighted by Crippen LogP contribution is -2.39. The maximum Gasteiger partial charge on any atom is 0.265 e. The number of nitrogens with zero attached hydrogens (tertiary/aromatic N) is 2. The van der Waals surface area contributed by atoms with Gasteiger partial charge in [0.1, 0.15) is 5.75 Å². The molecule has 2 aromatic carbocycles. The lowest BCUT2D eigenvalue weighted by atomic mass is 10.1. The fourth-order valence-electron chi connectivity index (χ4n) is 3.44. The second-order valence-corrected chi connectivity index (χ2v) is 9.72. The standard InChI is InChI=1S/C22H23N3O6S2/c1-4-9-25-17-10-14(5-7-18(17)31-12-21(25)26)16-13-32-22(23-16)24-33(27,28)15-6-8-19(29-2)20(11-15)30-3/h5-8,10-11,13H,4,9,12H2,1-3H3,(H,23,24). The normalized spacial score (nSPS) is 13.3. The van der Waals surface area contributed by atoms with E-state index in [-0.39, 0.29) is 22.5 Å². The molecule has 1 amide bonds. The molecule has 9 nitrogen and oxygen atoms in total. The van der Waals surface area contributed by atoms with Crippen LogP contribution in [0.5, 0.6) is 17.2 Å². The van der Waals surface area contributed by atoms with Gasteiger partial charge < -0.3 is 19.1 Å². The van der Waals surface area contributed by atoms with E-state index >= 15 is 0 Å². The zero-order valence-electron chi connectivity index (χ0n) is 18.3. The monoisotopic (exact) mass is 489 g/mol. The molecule has 0 unspecified atom stereocenters. The smallest absolute Gasteiger partial charge is 0.265 e. The third-order valence-corrected chi connectivity index (χ3v) is 7.26. The molecule has 0 bridgehead atoms. The minimum absolute atomic E-state index is 0.0190. The van der Waals surface area contributed by atoms with Gasteiger partial charge in [0.15, 0.2) is 23.2 Å². The second-order valence-electron chi connectivity index (χ2n) is 7.18. The zero-order valence-corrected chi connectivity index (χ0v) is 20.0. The third-order valence-electron chi connectivity index (χ3n) is 5.04. The van der Waals surface area contributed by atoms with Crippen molar-refractivity contribution in [3.8, 4) is 28.5 Å². The molecule has 0 spiro atoms. The second kappa shape index (κ2) is 9.28. The van der Waals surface area contributed by atoms with Crippen LogP contribution in [0.15, 0.2) is 46.7 Å². The van der Waals surface area contributed by atoms with Crippen molar-refractivity contribution in [2.75, 3.05) is 37.0 Å². The van der Waals surface area contributed by atoms with Crippen LogP contribution in [0, 0.1) is 0 Å². The lowest BCUT2D eigenvalue weighted by Gasteiger charge is -2.29. The molecule has 11 heteroatoms. The number of hydrogen-bond donors (Lipinski definition) is 1. The number of nitrogens with one attached hydrogen (secondary N) is 1. The lowest BCUT2D eigenvalue weighted by molar-refractivity contribution is -0.121. The Morgan fingerprint density at radius 2 is 1.94 bits per heavy atom. The van der Waals surface area contributed by atoms with E-state index in [9.17, 15) is 13.2 Å². The van der Waals surface area contributed by atoms with Gasteiger partial charge >= 0.3 is 0 Å². The molecule has 0 radical (unpaired) electrons. The molecule has 1 N–H and O–H groups in total. The van der Waals surface area contributed by atoms with Gasteiger partial charge in [-0.05, 0) is 36.8 Å². The zero-order chi connectivity index (χ0) is 23.6. The molecule has 1 aliphatic heterocycles. The van der Waals surface area contributed by atoms with Crippen molar-refractivity contribution in [1.29, 1.82) is 0 Å². The Kier molecular flexibility index (Phi) is 6.43. The molecule has 1 aromatic heterocycles. The molecule has 0 saturated heterocycles. The molecule has 33 heavy (non-hydrogen) atoms. The number of benzene rings is 2. The first-order chi connectivity index (χ1) is 15.9. The van der Waals surface area contributed by atoms with Crippen molar-refractivity contribution in [2.24, 2.45) is 0 Å². The van der Waals surface area contributed by atoms with Crippen LogP contribution in [0.4, 0.5) is 10.8 Å².